The minimum absolute atomic E-state index is 1.01. The topological polar surface area (TPSA) is 0 Å². The monoisotopic (exact) mass is 138 g/mol. The first kappa shape index (κ1) is 6.56. The van der Waals surface area contributed by atoms with Crippen molar-refractivity contribution in [2.75, 3.05) is 0 Å². The minimum atomic E-state index is 1.01. The highest BCUT2D eigenvalue weighted by atomic mass is 32.1. The van der Waals surface area contributed by atoms with Crippen molar-refractivity contribution in [2.24, 2.45) is 0 Å². The van der Waals surface area contributed by atoms with Crippen LogP contribution in [0.2, 0.25) is 0 Å². The molecule has 0 fully saturated rings. The molecule has 0 nitrogen and oxygen atoms in total. The average Bonchev–Trinajstić information content (AvgIpc) is 2.18. The summed E-state index contributed by atoms with van der Waals surface area (Å²) in [5.74, 6) is 0. The highest BCUT2D eigenvalue weighted by Gasteiger charge is 1.93. The molecule has 9 heavy (non-hydrogen) atoms. The molecular formula is C8H10S. The van der Waals surface area contributed by atoms with E-state index < -0.39 is 0 Å². The van der Waals surface area contributed by atoms with E-state index in [1.165, 1.54) is 10.4 Å². The standard InChI is InChI=1S/C8H10S/c1-3-4-8-5-6-9-7(8)2/h3,5-6H,1,4H2,2H3. The molecule has 0 aromatic carbocycles. The number of hydrogen-bond acceptors (Lipinski definition) is 1. The molecule has 1 aromatic rings. The van der Waals surface area contributed by atoms with Gasteiger partial charge in [0, 0.05) is 4.88 Å². The second-order valence-electron chi connectivity index (χ2n) is 1.99. The SMILES string of the molecule is C=CCc1ccsc1C. The summed E-state index contributed by atoms with van der Waals surface area (Å²) in [5, 5.41) is 2.12. The lowest BCUT2D eigenvalue weighted by atomic mass is 10.2. The fraction of sp³-hybridized carbons (Fsp3) is 0.250. The van der Waals surface area contributed by atoms with Crippen LogP contribution < -0.4 is 0 Å². The van der Waals surface area contributed by atoms with Crippen LogP contribution in [0, 0.1) is 6.92 Å². The fourth-order valence-corrected chi connectivity index (χ4v) is 1.52. The van der Waals surface area contributed by atoms with Crippen molar-refractivity contribution in [3.8, 4) is 0 Å². The molecule has 0 saturated heterocycles. The summed E-state index contributed by atoms with van der Waals surface area (Å²) in [6.45, 7) is 5.82. The number of hydrogen-bond donors (Lipinski definition) is 0. The zero-order valence-electron chi connectivity index (χ0n) is 5.55. The van der Waals surface area contributed by atoms with Crippen molar-refractivity contribution in [1.29, 1.82) is 0 Å². The van der Waals surface area contributed by atoms with Crippen LogP contribution in [-0.2, 0) is 6.42 Å². The van der Waals surface area contributed by atoms with E-state index in [1.807, 2.05) is 6.08 Å². The molecule has 0 saturated carbocycles. The van der Waals surface area contributed by atoms with Gasteiger partial charge in [-0.2, -0.15) is 0 Å². The van der Waals surface area contributed by atoms with Gasteiger partial charge in [-0.1, -0.05) is 6.08 Å². The van der Waals surface area contributed by atoms with Gasteiger partial charge in [-0.3, -0.25) is 0 Å². The van der Waals surface area contributed by atoms with Crippen LogP contribution in [0.5, 0.6) is 0 Å². The second kappa shape index (κ2) is 2.83. The molecular weight excluding hydrogens is 128 g/mol. The Kier molecular flexibility index (Phi) is 2.06. The molecule has 1 heteroatoms. The van der Waals surface area contributed by atoms with Gasteiger partial charge in [0.1, 0.15) is 0 Å². The zero-order chi connectivity index (χ0) is 6.69. The van der Waals surface area contributed by atoms with Crippen molar-refractivity contribution in [1.82, 2.24) is 0 Å². The Balaban J connectivity index is 2.80. The first-order valence-corrected chi connectivity index (χ1v) is 3.86. The predicted octanol–water partition coefficient (Wildman–Crippen LogP) is 2.79. The van der Waals surface area contributed by atoms with E-state index in [4.69, 9.17) is 0 Å². The van der Waals surface area contributed by atoms with Gasteiger partial charge < -0.3 is 0 Å². The summed E-state index contributed by atoms with van der Waals surface area (Å²) in [6, 6.07) is 2.15. The molecule has 0 aliphatic carbocycles. The van der Waals surface area contributed by atoms with Gasteiger partial charge in [0.05, 0.1) is 0 Å². The van der Waals surface area contributed by atoms with Gasteiger partial charge in [-0.15, -0.1) is 17.9 Å². The lowest BCUT2D eigenvalue weighted by molar-refractivity contribution is 1.27. The third-order valence-electron chi connectivity index (χ3n) is 1.33. The fourth-order valence-electron chi connectivity index (χ4n) is 0.779. The van der Waals surface area contributed by atoms with E-state index in [1.54, 1.807) is 11.3 Å². The summed E-state index contributed by atoms with van der Waals surface area (Å²) < 4.78 is 0. The van der Waals surface area contributed by atoms with Crippen LogP contribution >= 0.6 is 11.3 Å². The van der Waals surface area contributed by atoms with Crippen LogP contribution in [0.15, 0.2) is 24.1 Å². The normalized spacial score (nSPS) is 9.44. The largest absolute Gasteiger partial charge is 0.149 e. The van der Waals surface area contributed by atoms with Crippen LogP contribution in [-0.4, -0.2) is 0 Å². The van der Waals surface area contributed by atoms with Crippen molar-refractivity contribution in [3.63, 3.8) is 0 Å². The summed E-state index contributed by atoms with van der Waals surface area (Å²) >= 11 is 1.80. The molecule has 48 valence electrons. The molecule has 0 aliphatic heterocycles. The molecule has 1 heterocycles. The summed E-state index contributed by atoms with van der Waals surface area (Å²) in [5.41, 5.74) is 1.41. The van der Waals surface area contributed by atoms with E-state index in [0.717, 1.165) is 6.42 Å². The maximum absolute atomic E-state index is 3.68. The Morgan fingerprint density at radius 1 is 1.78 bits per heavy atom. The summed E-state index contributed by atoms with van der Waals surface area (Å²) in [6.07, 6.45) is 2.95. The van der Waals surface area contributed by atoms with E-state index in [2.05, 4.69) is 24.9 Å². The van der Waals surface area contributed by atoms with Crippen LogP contribution in [0.25, 0.3) is 0 Å². The van der Waals surface area contributed by atoms with E-state index in [0.29, 0.717) is 0 Å². The van der Waals surface area contributed by atoms with Gasteiger partial charge >= 0.3 is 0 Å². The van der Waals surface area contributed by atoms with Crippen LogP contribution in [0.1, 0.15) is 10.4 Å². The molecule has 0 N–H and O–H groups in total. The third kappa shape index (κ3) is 1.42. The van der Waals surface area contributed by atoms with Crippen molar-refractivity contribution >= 4 is 11.3 Å². The van der Waals surface area contributed by atoms with Crippen molar-refractivity contribution in [2.45, 2.75) is 13.3 Å². The summed E-state index contributed by atoms with van der Waals surface area (Å²) in [7, 11) is 0. The Labute approximate surface area is 59.8 Å². The second-order valence-corrected chi connectivity index (χ2v) is 3.12. The van der Waals surface area contributed by atoms with Gasteiger partial charge in [-0.05, 0) is 30.4 Å². The summed E-state index contributed by atoms with van der Waals surface area (Å²) in [4.78, 5) is 1.41. The Morgan fingerprint density at radius 3 is 3.00 bits per heavy atom. The molecule has 1 aromatic heterocycles. The van der Waals surface area contributed by atoms with Gasteiger partial charge in [-0.25, -0.2) is 0 Å². The lowest BCUT2D eigenvalue weighted by Gasteiger charge is -1.89. The molecule has 0 radical (unpaired) electrons. The zero-order valence-corrected chi connectivity index (χ0v) is 6.37. The Bertz CT molecular complexity index is 198. The predicted molar refractivity (Wildman–Crippen MR) is 43.0 cm³/mol. The smallest absolute Gasteiger partial charge is 0.00493 e. The lowest BCUT2D eigenvalue weighted by Crippen LogP contribution is -1.76. The highest BCUT2D eigenvalue weighted by molar-refractivity contribution is 7.10. The van der Waals surface area contributed by atoms with Crippen LogP contribution in [0.4, 0.5) is 0 Å². The molecule has 0 atom stereocenters. The van der Waals surface area contributed by atoms with E-state index >= 15 is 0 Å². The molecule has 1 rings (SSSR count). The van der Waals surface area contributed by atoms with Crippen molar-refractivity contribution < 1.29 is 0 Å². The molecule has 0 unspecified atom stereocenters. The Morgan fingerprint density at radius 2 is 2.56 bits per heavy atom. The quantitative estimate of drug-likeness (QED) is 0.551. The van der Waals surface area contributed by atoms with E-state index in [9.17, 15) is 0 Å². The Hall–Kier alpha value is -0.560. The highest BCUT2D eigenvalue weighted by Crippen LogP contribution is 2.15. The maximum Gasteiger partial charge on any atom is 0.00493 e. The van der Waals surface area contributed by atoms with Crippen LogP contribution in [0.3, 0.4) is 0 Å². The van der Waals surface area contributed by atoms with Crippen molar-refractivity contribution in [3.05, 3.63) is 34.5 Å². The number of thiophene rings is 1. The molecule has 0 amide bonds. The molecule has 0 bridgehead atoms. The number of aryl methyl sites for hydroxylation is 1. The number of rotatable bonds is 2. The first-order chi connectivity index (χ1) is 4.34. The van der Waals surface area contributed by atoms with Gasteiger partial charge in [0.25, 0.3) is 0 Å². The first-order valence-electron chi connectivity index (χ1n) is 2.98. The minimum Gasteiger partial charge on any atom is -0.149 e. The van der Waals surface area contributed by atoms with E-state index in [-0.39, 0.29) is 0 Å². The molecule has 0 spiro atoms. The molecule has 0 aliphatic rings. The maximum atomic E-state index is 3.68. The number of allylic oxidation sites excluding steroid dienone is 1. The van der Waals surface area contributed by atoms with Gasteiger partial charge in [0.2, 0.25) is 0 Å². The third-order valence-corrected chi connectivity index (χ3v) is 2.22. The average molecular weight is 138 g/mol. The van der Waals surface area contributed by atoms with Gasteiger partial charge in [0.15, 0.2) is 0 Å².